The molecule has 0 unspecified atom stereocenters. The summed E-state index contributed by atoms with van der Waals surface area (Å²) in [5.74, 6) is -1.20. The first kappa shape index (κ1) is 13.6. The average Bonchev–Trinajstić information content (AvgIpc) is 2.37. The molecule has 0 aliphatic carbocycles. The molecule has 0 fully saturated rings. The number of Topliss-reactive ketones (excluding diaryl/α,β-unsaturated/α-hetero) is 1. The zero-order valence-corrected chi connectivity index (χ0v) is 9.81. The topological polar surface area (TPSA) is 75.3 Å². The van der Waals surface area contributed by atoms with Crippen molar-refractivity contribution in [2.24, 2.45) is 0 Å². The molecule has 0 spiro atoms. The summed E-state index contributed by atoms with van der Waals surface area (Å²) in [6.45, 7) is 3.08. The second-order valence-corrected chi connectivity index (χ2v) is 3.55. The fraction of sp³-hybridized carbons (Fsp3) is 0.154. The molecule has 0 heterocycles. The van der Waals surface area contributed by atoms with Crippen molar-refractivity contribution in [1.82, 2.24) is 5.32 Å². The Bertz CT molecular complexity index is 455. The van der Waals surface area contributed by atoms with Crippen LogP contribution in [0, 0.1) is 0 Å². The summed E-state index contributed by atoms with van der Waals surface area (Å²) >= 11 is 0. The van der Waals surface area contributed by atoms with Gasteiger partial charge in [0, 0.05) is 5.69 Å². The van der Waals surface area contributed by atoms with Crippen LogP contribution in [-0.2, 0) is 14.4 Å². The molecule has 0 saturated heterocycles. The van der Waals surface area contributed by atoms with Crippen molar-refractivity contribution in [2.45, 2.75) is 6.42 Å². The van der Waals surface area contributed by atoms with Crippen molar-refractivity contribution in [3.63, 3.8) is 0 Å². The van der Waals surface area contributed by atoms with E-state index in [-0.39, 0.29) is 18.7 Å². The van der Waals surface area contributed by atoms with Crippen molar-refractivity contribution in [3.8, 4) is 0 Å². The molecule has 0 aliphatic heterocycles. The van der Waals surface area contributed by atoms with E-state index >= 15 is 0 Å². The van der Waals surface area contributed by atoms with Gasteiger partial charge in [0.15, 0.2) is 5.78 Å². The van der Waals surface area contributed by atoms with Crippen molar-refractivity contribution < 1.29 is 14.4 Å². The summed E-state index contributed by atoms with van der Waals surface area (Å²) in [5.41, 5.74) is 0.630. The average molecular weight is 246 g/mol. The van der Waals surface area contributed by atoms with E-state index in [1.54, 1.807) is 24.3 Å². The number of amides is 2. The minimum Gasteiger partial charge on any atom is -0.345 e. The zero-order chi connectivity index (χ0) is 13.4. The highest BCUT2D eigenvalue weighted by molar-refractivity contribution is 6.05. The van der Waals surface area contributed by atoms with Crippen LogP contribution < -0.4 is 10.6 Å². The van der Waals surface area contributed by atoms with Crippen molar-refractivity contribution in [3.05, 3.63) is 43.0 Å². The third-order valence-corrected chi connectivity index (χ3v) is 2.06. The van der Waals surface area contributed by atoms with Crippen LogP contribution in [0.2, 0.25) is 0 Å². The predicted molar refractivity (Wildman–Crippen MR) is 67.9 cm³/mol. The van der Waals surface area contributed by atoms with Gasteiger partial charge in [-0.15, -0.1) is 0 Å². The Labute approximate surface area is 105 Å². The van der Waals surface area contributed by atoms with Gasteiger partial charge in [0.05, 0.1) is 13.0 Å². The van der Waals surface area contributed by atoms with E-state index in [0.29, 0.717) is 5.69 Å². The van der Waals surface area contributed by atoms with E-state index in [1.165, 1.54) is 0 Å². The summed E-state index contributed by atoms with van der Waals surface area (Å²) in [4.78, 5) is 33.6. The van der Waals surface area contributed by atoms with Gasteiger partial charge in [-0.3, -0.25) is 14.4 Å². The van der Waals surface area contributed by atoms with E-state index in [0.717, 1.165) is 6.08 Å². The number of hydrogen-bond acceptors (Lipinski definition) is 3. The van der Waals surface area contributed by atoms with Crippen LogP contribution in [0.25, 0.3) is 0 Å². The maximum absolute atomic E-state index is 11.5. The Morgan fingerprint density at radius 2 is 1.83 bits per heavy atom. The van der Waals surface area contributed by atoms with Crippen LogP contribution in [0.1, 0.15) is 6.42 Å². The molecule has 18 heavy (non-hydrogen) atoms. The Balaban J connectivity index is 2.34. The highest BCUT2D eigenvalue weighted by atomic mass is 16.2. The highest BCUT2D eigenvalue weighted by Gasteiger charge is 2.10. The third-order valence-electron chi connectivity index (χ3n) is 2.06. The highest BCUT2D eigenvalue weighted by Crippen LogP contribution is 2.05. The van der Waals surface area contributed by atoms with Gasteiger partial charge in [-0.05, 0) is 18.2 Å². The molecule has 0 saturated carbocycles. The lowest BCUT2D eigenvalue weighted by molar-refractivity contribution is -0.127. The van der Waals surface area contributed by atoms with Crippen LogP contribution in [0.3, 0.4) is 0 Å². The lowest BCUT2D eigenvalue weighted by atomic mass is 10.2. The molecule has 0 bridgehead atoms. The Kier molecular flexibility index (Phi) is 5.31. The fourth-order valence-corrected chi connectivity index (χ4v) is 1.23. The number of anilines is 1. The monoisotopic (exact) mass is 246 g/mol. The lowest BCUT2D eigenvalue weighted by Gasteiger charge is -2.04. The minimum atomic E-state index is -0.438. The quantitative estimate of drug-likeness (QED) is 0.578. The van der Waals surface area contributed by atoms with E-state index in [2.05, 4.69) is 17.2 Å². The van der Waals surface area contributed by atoms with E-state index < -0.39 is 11.8 Å². The van der Waals surface area contributed by atoms with E-state index in [4.69, 9.17) is 0 Å². The molecule has 0 radical (unpaired) electrons. The summed E-state index contributed by atoms with van der Waals surface area (Å²) in [5, 5.41) is 4.90. The maximum Gasteiger partial charge on any atom is 0.243 e. The number of carbonyl (C=O) groups excluding carboxylic acids is 3. The number of rotatable bonds is 6. The molecule has 1 aromatic rings. The first-order valence-corrected chi connectivity index (χ1v) is 5.38. The van der Waals surface area contributed by atoms with Gasteiger partial charge in [0.1, 0.15) is 0 Å². The zero-order valence-electron chi connectivity index (χ0n) is 9.81. The van der Waals surface area contributed by atoms with Crippen LogP contribution in [0.15, 0.2) is 43.0 Å². The van der Waals surface area contributed by atoms with Gasteiger partial charge < -0.3 is 10.6 Å². The lowest BCUT2D eigenvalue weighted by Crippen LogP contribution is -2.30. The summed E-state index contributed by atoms with van der Waals surface area (Å²) < 4.78 is 0. The second-order valence-electron chi connectivity index (χ2n) is 3.55. The molecule has 5 nitrogen and oxygen atoms in total. The molecular weight excluding hydrogens is 232 g/mol. The number of benzene rings is 1. The molecule has 0 aliphatic rings. The Hall–Kier alpha value is -2.43. The van der Waals surface area contributed by atoms with Crippen molar-refractivity contribution >= 4 is 23.3 Å². The second kappa shape index (κ2) is 7.01. The number of hydrogen-bond donors (Lipinski definition) is 2. The number of nitrogens with one attached hydrogen (secondary N) is 2. The standard InChI is InChI=1S/C13H14N2O3/c1-2-12(17)14-9-11(16)8-13(18)15-10-6-4-3-5-7-10/h2-7H,1,8-9H2,(H,14,17)(H,15,18). The molecule has 5 heteroatoms. The Morgan fingerprint density at radius 3 is 2.44 bits per heavy atom. The van der Waals surface area contributed by atoms with Crippen LogP contribution >= 0.6 is 0 Å². The minimum absolute atomic E-state index is 0.174. The predicted octanol–water partition coefficient (Wildman–Crippen LogP) is 0.886. The summed E-state index contributed by atoms with van der Waals surface area (Å²) in [6.07, 6.45) is 0.795. The van der Waals surface area contributed by atoms with Crippen LogP contribution in [0.5, 0.6) is 0 Å². The van der Waals surface area contributed by atoms with E-state index in [1.807, 2.05) is 6.07 Å². The van der Waals surface area contributed by atoms with Crippen molar-refractivity contribution in [2.75, 3.05) is 11.9 Å². The van der Waals surface area contributed by atoms with Crippen LogP contribution in [0.4, 0.5) is 5.69 Å². The smallest absolute Gasteiger partial charge is 0.243 e. The summed E-state index contributed by atoms with van der Waals surface area (Å²) in [6, 6.07) is 8.83. The van der Waals surface area contributed by atoms with E-state index in [9.17, 15) is 14.4 Å². The SMILES string of the molecule is C=CC(=O)NCC(=O)CC(=O)Nc1ccccc1. The normalized spacial score (nSPS) is 9.33. The van der Waals surface area contributed by atoms with Gasteiger partial charge >= 0.3 is 0 Å². The molecule has 0 aromatic heterocycles. The first-order valence-electron chi connectivity index (χ1n) is 5.38. The molecule has 1 aromatic carbocycles. The van der Waals surface area contributed by atoms with Gasteiger partial charge in [0.25, 0.3) is 0 Å². The molecule has 1 rings (SSSR count). The molecule has 0 atom stereocenters. The first-order chi connectivity index (χ1) is 8.61. The number of carbonyl (C=O) groups is 3. The van der Waals surface area contributed by atoms with Crippen LogP contribution in [-0.4, -0.2) is 24.1 Å². The number of para-hydroxylation sites is 1. The van der Waals surface area contributed by atoms with Gasteiger partial charge in [-0.1, -0.05) is 24.8 Å². The fourth-order valence-electron chi connectivity index (χ4n) is 1.23. The molecular formula is C13H14N2O3. The third kappa shape index (κ3) is 5.07. The van der Waals surface area contributed by atoms with Gasteiger partial charge in [-0.2, -0.15) is 0 Å². The molecule has 2 amide bonds. The largest absolute Gasteiger partial charge is 0.345 e. The molecule has 2 N–H and O–H groups in total. The molecule has 94 valence electrons. The Morgan fingerprint density at radius 1 is 1.17 bits per heavy atom. The van der Waals surface area contributed by atoms with Gasteiger partial charge in [-0.25, -0.2) is 0 Å². The summed E-state index contributed by atoms with van der Waals surface area (Å²) in [7, 11) is 0. The van der Waals surface area contributed by atoms with Gasteiger partial charge in [0.2, 0.25) is 11.8 Å². The number of ketones is 1. The van der Waals surface area contributed by atoms with Crippen molar-refractivity contribution in [1.29, 1.82) is 0 Å². The maximum atomic E-state index is 11.5.